The molecule has 3 rings (SSSR count). The molecule has 0 radical (unpaired) electrons. The van der Waals surface area contributed by atoms with Crippen molar-refractivity contribution in [1.29, 1.82) is 0 Å². The predicted molar refractivity (Wildman–Crippen MR) is 89.1 cm³/mol. The van der Waals surface area contributed by atoms with Gasteiger partial charge >= 0.3 is 0 Å². The summed E-state index contributed by atoms with van der Waals surface area (Å²) in [5, 5.41) is 3.79. The summed E-state index contributed by atoms with van der Waals surface area (Å²) < 4.78 is 1.21. The van der Waals surface area contributed by atoms with Crippen molar-refractivity contribution in [3.63, 3.8) is 0 Å². The van der Waals surface area contributed by atoms with Crippen molar-refractivity contribution in [2.24, 2.45) is 5.41 Å². The van der Waals surface area contributed by atoms with E-state index in [0.717, 1.165) is 12.6 Å². The molecule has 1 aromatic carbocycles. The summed E-state index contributed by atoms with van der Waals surface area (Å²) in [5.74, 6) is 0. The van der Waals surface area contributed by atoms with Crippen molar-refractivity contribution in [1.82, 2.24) is 5.32 Å². The molecule has 1 N–H and O–H groups in total. The van der Waals surface area contributed by atoms with Gasteiger partial charge in [-0.2, -0.15) is 0 Å². The van der Waals surface area contributed by atoms with E-state index in [4.69, 9.17) is 0 Å². The zero-order valence-corrected chi connectivity index (χ0v) is 14.3. The lowest BCUT2D eigenvalue weighted by Gasteiger charge is -2.57. The molecule has 2 saturated carbocycles. The molecule has 1 nitrogen and oxygen atoms in total. The lowest BCUT2D eigenvalue weighted by atomic mass is 9.48. The smallest absolute Gasteiger partial charge is 0.0178 e. The quantitative estimate of drug-likeness (QED) is 0.767. The molecule has 2 aliphatic rings. The van der Waals surface area contributed by atoms with Gasteiger partial charge in [0, 0.05) is 22.5 Å². The summed E-state index contributed by atoms with van der Waals surface area (Å²) in [6.45, 7) is 5.89. The summed E-state index contributed by atoms with van der Waals surface area (Å²) in [5.41, 5.74) is 2.49. The molecule has 0 heterocycles. The van der Waals surface area contributed by atoms with E-state index in [1.807, 2.05) is 0 Å². The standard InChI is InChI=1S/C18H26BrN/c1-3-17(4-2)11-18(12-17,13-20-16-8-9-16)14-6-5-7-15(19)10-14/h5-7,10,16,20H,3-4,8-9,11-13H2,1-2H3. The number of rotatable bonds is 6. The van der Waals surface area contributed by atoms with Crippen LogP contribution < -0.4 is 5.32 Å². The fraction of sp³-hybridized carbons (Fsp3) is 0.667. The van der Waals surface area contributed by atoms with Gasteiger partial charge in [-0.05, 0) is 48.8 Å². The van der Waals surface area contributed by atoms with E-state index in [2.05, 4.69) is 59.4 Å². The van der Waals surface area contributed by atoms with Crippen molar-refractivity contribution in [3.8, 4) is 0 Å². The summed E-state index contributed by atoms with van der Waals surface area (Å²) >= 11 is 3.64. The van der Waals surface area contributed by atoms with E-state index in [1.54, 1.807) is 0 Å². The van der Waals surface area contributed by atoms with Gasteiger partial charge in [0.2, 0.25) is 0 Å². The normalized spacial score (nSPS) is 23.4. The molecule has 110 valence electrons. The largest absolute Gasteiger partial charge is 0.313 e. The second-order valence-electron chi connectivity index (χ2n) is 7.01. The van der Waals surface area contributed by atoms with Crippen molar-refractivity contribution >= 4 is 15.9 Å². The van der Waals surface area contributed by atoms with Crippen LogP contribution in [0.4, 0.5) is 0 Å². The monoisotopic (exact) mass is 335 g/mol. The lowest BCUT2D eigenvalue weighted by molar-refractivity contribution is 0.0126. The first-order valence-corrected chi connectivity index (χ1v) is 8.90. The first-order valence-electron chi connectivity index (χ1n) is 8.11. The van der Waals surface area contributed by atoms with Crippen LogP contribution in [0.1, 0.15) is 57.9 Å². The van der Waals surface area contributed by atoms with Gasteiger partial charge in [0.05, 0.1) is 0 Å². The van der Waals surface area contributed by atoms with Crippen LogP contribution in [0.2, 0.25) is 0 Å². The highest BCUT2D eigenvalue weighted by Gasteiger charge is 2.53. The van der Waals surface area contributed by atoms with Gasteiger partial charge in [0.15, 0.2) is 0 Å². The van der Waals surface area contributed by atoms with Crippen molar-refractivity contribution in [3.05, 3.63) is 34.3 Å². The molecule has 2 heteroatoms. The molecule has 2 aliphatic carbocycles. The molecule has 0 bridgehead atoms. The second-order valence-corrected chi connectivity index (χ2v) is 7.92. The summed E-state index contributed by atoms with van der Waals surface area (Å²) in [6, 6.07) is 9.79. The van der Waals surface area contributed by atoms with Crippen LogP contribution in [0.25, 0.3) is 0 Å². The van der Waals surface area contributed by atoms with Crippen LogP contribution >= 0.6 is 15.9 Å². The average Bonchev–Trinajstić information content (AvgIpc) is 3.23. The highest BCUT2D eigenvalue weighted by molar-refractivity contribution is 9.10. The zero-order valence-electron chi connectivity index (χ0n) is 12.7. The Balaban J connectivity index is 1.81. The highest BCUT2D eigenvalue weighted by Crippen LogP contribution is 2.59. The van der Waals surface area contributed by atoms with Crippen LogP contribution in [0, 0.1) is 5.41 Å². The maximum Gasteiger partial charge on any atom is 0.0178 e. The number of hydrogen-bond acceptors (Lipinski definition) is 1. The fourth-order valence-corrected chi connectivity index (χ4v) is 4.41. The Hall–Kier alpha value is -0.340. The van der Waals surface area contributed by atoms with Gasteiger partial charge in [0.1, 0.15) is 0 Å². The number of hydrogen-bond donors (Lipinski definition) is 1. The molecule has 1 aromatic rings. The first-order chi connectivity index (χ1) is 9.61. The van der Waals surface area contributed by atoms with E-state index in [9.17, 15) is 0 Å². The Bertz CT molecular complexity index is 466. The van der Waals surface area contributed by atoms with E-state index in [0.29, 0.717) is 10.8 Å². The molecule has 2 fully saturated rings. The Morgan fingerprint density at radius 1 is 1.20 bits per heavy atom. The third-order valence-corrected chi connectivity index (χ3v) is 6.16. The Morgan fingerprint density at radius 2 is 1.90 bits per heavy atom. The second kappa shape index (κ2) is 5.46. The van der Waals surface area contributed by atoms with E-state index in [-0.39, 0.29) is 0 Å². The molecule has 0 aliphatic heterocycles. The molecular formula is C18H26BrN. The third kappa shape index (κ3) is 2.69. The molecule has 20 heavy (non-hydrogen) atoms. The van der Waals surface area contributed by atoms with Crippen LogP contribution in [-0.4, -0.2) is 12.6 Å². The van der Waals surface area contributed by atoms with Crippen LogP contribution in [0.15, 0.2) is 28.7 Å². The van der Waals surface area contributed by atoms with Gasteiger partial charge in [-0.1, -0.05) is 54.8 Å². The van der Waals surface area contributed by atoms with Gasteiger partial charge in [-0.25, -0.2) is 0 Å². The Kier molecular flexibility index (Phi) is 3.98. The van der Waals surface area contributed by atoms with Crippen molar-refractivity contribution in [2.45, 2.75) is 63.8 Å². The van der Waals surface area contributed by atoms with Crippen LogP contribution in [-0.2, 0) is 5.41 Å². The average molecular weight is 336 g/mol. The molecular weight excluding hydrogens is 310 g/mol. The minimum absolute atomic E-state index is 0.373. The summed E-state index contributed by atoms with van der Waals surface area (Å²) in [4.78, 5) is 0. The number of nitrogens with one attached hydrogen (secondary N) is 1. The first kappa shape index (κ1) is 14.6. The molecule has 0 unspecified atom stereocenters. The van der Waals surface area contributed by atoms with Gasteiger partial charge < -0.3 is 5.32 Å². The predicted octanol–water partition coefficient (Wildman–Crippen LogP) is 5.04. The Morgan fingerprint density at radius 3 is 2.45 bits per heavy atom. The van der Waals surface area contributed by atoms with E-state index in [1.165, 1.54) is 48.6 Å². The molecule has 0 spiro atoms. The molecule has 0 amide bonds. The lowest BCUT2D eigenvalue weighted by Crippen LogP contribution is -2.54. The van der Waals surface area contributed by atoms with E-state index >= 15 is 0 Å². The Labute approximate surface area is 131 Å². The minimum Gasteiger partial charge on any atom is -0.313 e. The SMILES string of the molecule is CCC1(CC)CC(CNC2CC2)(c2cccc(Br)c2)C1. The summed E-state index contributed by atoms with van der Waals surface area (Å²) in [7, 11) is 0. The van der Waals surface area contributed by atoms with Crippen LogP contribution in [0.5, 0.6) is 0 Å². The van der Waals surface area contributed by atoms with Crippen molar-refractivity contribution in [2.75, 3.05) is 6.54 Å². The van der Waals surface area contributed by atoms with Crippen molar-refractivity contribution < 1.29 is 0 Å². The third-order valence-electron chi connectivity index (χ3n) is 5.67. The molecule has 0 aromatic heterocycles. The zero-order chi connectivity index (χ0) is 14.2. The number of halogens is 1. The fourth-order valence-electron chi connectivity index (χ4n) is 4.01. The van der Waals surface area contributed by atoms with Gasteiger partial charge in [-0.3, -0.25) is 0 Å². The molecule has 0 saturated heterocycles. The maximum atomic E-state index is 3.79. The maximum absolute atomic E-state index is 3.79. The van der Waals surface area contributed by atoms with Gasteiger partial charge in [-0.15, -0.1) is 0 Å². The number of benzene rings is 1. The topological polar surface area (TPSA) is 12.0 Å². The minimum atomic E-state index is 0.373. The van der Waals surface area contributed by atoms with Gasteiger partial charge in [0.25, 0.3) is 0 Å². The molecule has 0 atom stereocenters. The summed E-state index contributed by atoms with van der Waals surface area (Å²) in [6.07, 6.45) is 8.10. The van der Waals surface area contributed by atoms with E-state index < -0.39 is 0 Å². The highest BCUT2D eigenvalue weighted by atomic mass is 79.9. The van der Waals surface area contributed by atoms with Crippen LogP contribution in [0.3, 0.4) is 0 Å².